The Hall–Kier alpha value is -3.61. The van der Waals surface area contributed by atoms with Gasteiger partial charge in [-0.05, 0) is 56.2 Å². The number of carbonyl (C=O) groups excluding carboxylic acids is 1. The number of carboxylic acids is 1. The molecule has 174 valence electrons. The van der Waals surface area contributed by atoms with Crippen LogP contribution in [0.3, 0.4) is 0 Å². The lowest BCUT2D eigenvalue weighted by Gasteiger charge is -2.25. The van der Waals surface area contributed by atoms with Gasteiger partial charge in [0.25, 0.3) is 5.91 Å². The maximum Gasteiger partial charge on any atom is 0.490 e. The lowest BCUT2D eigenvalue weighted by atomic mass is 10.2. The molecule has 3 heterocycles. The summed E-state index contributed by atoms with van der Waals surface area (Å²) in [7, 11) is 0. The number of hydrogen-bond donors (Lipinski definition) is 2. The van der Waals surface area contributed by atoms with Gasteiger partial charge >= 0.3 is 12.1 Å². The summed E-state index contributed by atoms with van der Waals surface area (Å²) in [6.07, 6.45) is -3.24. The molecule has 0 aliphatic carbocycles. The molecule has 13 heteroatoms. The number of aryl methyl sites for hydroxylation is 2. The summed E-state index contributed by atoms with van der Waals surface area (Å²) in [4.78, 5) is 29.0. The molecule has 33 heavy (non-hydrogen) atoms. The van der Waals surface area contributed by atoms with Crippen LogP contribution in [-0.2, 0) is 11.2 Å². The van der Waals surface area contributed by atoms with Crippen LogP contribution in [0, 0.1) is 12.7 Å². The van der Waals surface area contributed by atoms with E-state index in [9.17, 15) is 22.4 Å². The Balaban J connectivity index is 0.000000383. The van der Waals surface area contributed by atoms with Crippen molar-refractivity contribution in [2.75, 3.05) is 16.8 Å². The van der Waals surface area contributed by atoms with Gasteiger partial charge in [-0.2, -0.15) is 18.3 Å². The first kappa shape index (κ1) is 24.0. The van der Waals surface area contributed by atoms with Crippen LogP contribution in [0.5, 0.6) is 0 Å². The summed E-state index contributed by atoms with van der Waals surface area (Å²) < 4.78 is 44.7. The zero-order chi connectivity index (χ0) is 24.2. The maximum atomic E-state index is 13.0. The second kappa shape index (κ2) is 9.90. The number of carbonyl (C=O) groups is 2. The molecular formula is C20H17F4N5O3S. The number of amides is 1. The van der Waals surface area contributed by atoms with Crippen LogP contribution in [0.1, 0.15) is 26.8 Å². The van der Waals surface area contributed by atoms with Crippen LogP contribution in [0.15, 0.2) is 36.4 Å². The Morgan fingerprint density at radius 2 is 1.79 bits per heavy atom. The molecule has 0 saturated carbocycles. The maximum absolute atomic E-state index is 13.0. The van der Waals surface area contributed by atoms with Gasteiger partial charge in [-0.25, -0.2) is 14.2 Å². The average molecular weight is 483 g/mol. The quantitative estimate of drug-likeness (QED) is 0.533. The molecule has 1 aromatic carbocycles. The molecule has 2 aromatic heterocycles. The summed E-state index contributed by atoms with van der Waals surface area (Å²) in [6.45, 7) is 2.67. The van der Waals surface area contributed by atoms with Gasteiger partial charge in [0, 0.05) is 17.1 Å². The number of benzene rings is 1. The number of nitrogens with one attached hydrogen (secondary N) is 1. The number of aromatic nitrogens is 3. The van der Waals surface area contributed by atoms with Crippen LogP contribution in [0.25, 0.3) is 0 Å². The summed E-state index contributed by atoms with van der Waals surface area (Å²) in [5.74, 6) is -1.91. The summed E-state index contributed by atoms with van der Waals surface area (Å²) in [5.41, 5.74) is 1.38. The van der Waals surface area contributed by atoms with Crippen LogP contribution in [-0.4, -0.2) is 44.9 Å². The predicted octanol–water partition coefficient (Wildman–Crippen LogP) is 4.35. The molecule has 0 atom stereocenters. The summed E-state index contributed by atoms with van der Waals surface area (Å²) in [5, 5.41) is 18.6. The van der Waals surface area contributed by atoms with Gasteiger partial charge in [0.1, 0.15) is 11.6 Å². The molecule has 0 fully saturated rings. The van der Waals surface area contributed by atoms with Crippen LogP contribution in [0.4, 0.5) is 34.9 Å². The first-order valence-corrected chi connectivity index (χ1v) is 10.3. The molecule has 1 aliphatic rings. The second-order valence-electron chi connectivity index (χ2n) is 6.82. The van der Waals surface area contributed by atoms with Crippen molar-refractivity contribution in [2.24, 2.45) is 0 Å². The van der Waals surface area contributed by atoms with Gasteiger partial charge in [0.05, 0.1) is 5.69 Å². The molecule has 1 aliphatic heterocycles. The normalized spacial score (nSPS) is 12.9. The zero-order valence-corrected chi connectivity index (χ0v) is 17.9. The molecule has 0 saturated heterocycles. The minimum absolute atomic E-state index is 0.300. The number of hydrogen-bond acceptors (Lipinski definition) is 7. The highest BCUT2D eigenvalue weighted by molar-refractivity contribution is 7.14. The highest BCUT2D eigenvalue weighted by Gasteiger charge is 2.38. The number of aliphatic carboxylic acids is 1. The average Bonchev–Trinajstić information content (AvgIpc) is 3.20. The van der Waals surface area contributed by atoms with Gasteiger partial charge in [0.2, 0.25) is 0 Å². The number of anilines is 3. The second-order valence-corrected chi connectivity index (χ2v) is 7.90. The van der Waals surface area contributed by atoms with Crippen LogP contribution in [0.2, 0.25) is 0 Å². The van der Waals surface area contributed by atoms with Crippen molar-refractivity contribution in [1.82, 2.24) is 15.2 Å². The fraction of sp³-hybridized carbons (Fsp3) is 0.250. The van der Waals surface area contributed by atoms with Crippen LogP contribution >= 0.6 is 11.3 Å². The fourth-order valence-corrected chi connectivity index (χ4v) is 3.80. The third-order valence-electron chi connectivity index (χ3n) is 4.32. The number of carboxylic acid groups (broad SMARTS) is 1. The highest BCUT2D eigenvalue weighted by Crippen LogP contribution is 2.35. The SMILES string of the molecule is Cc1ccc(N2CCCc3sc(C(=O)Nc4ccc(F)cc4)nc32)nn1.O=C(O)C(F)(F)F. The van der Waals surface area contributed by atoms with Crippen LogP contribution < -0.4 is 10.2 Å². The van der Waals surface area contributed by atoms with Crippen molar-refractivity contribution in [2.45, 2.75) is 25.9 Å². The van der Waals surface area contributed by atoms with Gasteiger partial charge in [-0.1, -0.05) is 0 Å². The van der Waals surface area contributed by atoms with Crippen molar-refractivity contribution >= 4 is 40.5 Å². The first-order valence-electron chi connectivity index (χ1n) is 9.49. The fourth-order valence-electron chi connectivity index (χ4n) is 2.79. The molecular weight excluding hydrogens is 466 g/mol. The minimum atomic E-state index is -5.08. The van der Waals surface area contributed by atoms with E-state index in [-0.39, 0.29) is 11.7 Å². The lowest BCUT2D eigenvalue weighted by molar-refractivity contribution is -0.192. The Kier molecular flexibility index (Phi) is 7.21. The minimum Gasteiger partial charge on any atom is -0.475 e. The van der Waals surface area contributed by atoms with E-state index in [1.54, 1.807) is 0 Å². The standard InChI is InChI=1S/C18H16FN5OS.C2HF3O2/c1-11-4-9-15(23-22-11)24-10-2-3-14-16(24)21-18(26-14)17(25)20-13-7-5-12(19)6-8-13;3-2(4,5)1(6)7/h4-9H,2-3,10H2,1H3,(H,20,25);(H,6,7). The molecule has 8 nitrogen and oxygen atoms in total. The molecule has 3 aromatic rings. The Morgan fingerprint density at radius 3 is 2.36 bits per heavy atom. The number of rotatable bonds is 3. The topological polar surface area (TPSA) is 108 Å². The number of alkyl halides is 3. The number of halogens is 4. The van der Waals surface area contributed by atoms with Gasteiger partial charge in [-0.3, -0.25) is 4.79 Å². The molecule has 0 bridgehead atoms. The van der Waals surface area contributed by atoms with E-state index in [2.05, 4.69) is 20.5 Å². The Bertz CT molecular complexity index is 1130. The summed E-state index contributed by atoms with van der Waals surface area (Å²) in [6, 6.07) is 9.48. The lowest BCUT2D eigenvalue weighted by Crippen LogP contribution is -2.25. The van der Waals surface area contributed by atoms with Gasteiger partial charge < -0.3 is 15.3 Å². The molecule has 0 unspecified atom stereocenters. The number of fused-ring (bicyclic) bond motifs is 1. The predicted molar refractivity (Wildman–Crippen MR) is 112 cm³/mol. The van der Waals surface area contributed by atoms with Crippen molar-refractivity contribution in [3.63, 3.8) is 0 Å². The van der Waals surface area contributed by atoms with Crippen molar-refractivity contribution in [1.29, 1.82) is 0 Å². The van der Waals surface area contributed by atoms with E-state index in [1.165, 1.54) is 35.6 Å². The molecule has 1 amide bonds. The van der Waals surface area contributed by atoms with E-state index < -0.39 is 12.1 Å². The smallest absolute Gasteiger partial charge is 0.475 e. The van der Waals surface area contributed by atoms with E-state index in [1.807, 2.05) is 24.0 Å². The third kappa shape index (κ3) is 6.22. The first-order chi connectivity index (χ1) is 15.5. The van der Waals surface area contributed by atoms with Crippen molar-refractivity contribution in [3.05, 3.63) is 57.8 Å². The summed E-state index contributed by atoms with van der Waals surface area (Å²) >= 11 is 1.38. The molecule has 2 N–H and O–H groups in total. The Morgan fingerprint density at radius 1 is 1.12 bits per heavy atom. The highest BCUT2D eigenvalue weighted by atomic mass is 32.1. The van der Waals surface area contributed by atoms with Crippen molar-refractivity contribution < 1.29 is 32.3 Å². The monoisotopic (exact) mass is 483 g/mol. The third-order valence-corrected chi connectivity index (χ3v) is 5.42. The van der Waals surface area contributed by atoms with Gasteiger partial charge in [-0.15, -0.1) is 16.4 Å². The van der Waals surface area contributed by atoms with E-state index in [0.717, 1.165) is 41.6 Å². The van der Waals surface area contributed by atoms with E-state index in [0.29, 0.717) is 10.7 Å². The largest absolute Gasteiger partial charge is 0.490 e. The Labute approximate surface area is 188 Å². The molecule has 4 rings (SSSR count). The molecule has 0 spiro atoms. The number of thiazole rings is 1. The number of nitrogens with zero attached hydrogens (tertiary/aromatic N) is 4. The molecule has 0 radical (unpaired) electrons. The van der Waals surface area contributed by atoms with Crippen molar-refractivity contribution in [3.8, 4) is 0 Å². The van der Waals surface area contributed by atoms with Gasteiger partial charge in [0.15, 0.2) is 10.8 Å². The zero-order valence-electron chi connectivity index (χ0n) is 17.1. The van der Waals surface area contributed by atoms with E-state index in [4.69, 9.17) is 9.90 Å². The van der Waals surface area contributed by atoms with E-state index >= 15 is 0 Å².